The highest BCUT2D eigenvalue weighted by Gasteiger charge is 2.19. The first-order valence-electron chi connectivity index (χ1n) is 7.86. The van der Waals surface area contributed by atoms with Gasteiger partial charge in [0, 0.05) is 37.2 Å². The lowest BCUT2D eigenvalue weighted by Crippen LogP contribution is -2.32. The third kappa shape index (κ3) is 3.64. The lowest BCUT2D eigenvalue weighted by Gasteiger charge is -2.24. The van der Waals surface area contributed by atoms with E-state index in [2.05, 4.69) is 38.9 Å². The van der Waals surface area contributed by atoms with Crippen molar-refractivity contribution in [3.63, 3.8) is 0 Å². The van der Waals surface area contributed by atoms with Gasteiger partial charge in [-0.15, -0.1) is 0 Å². The number of imidazole rings is 1. The maximum absolute atomic E-state index is 4.42. The topological polar surface area (TPSA) is 33.1 Å². The molecule has 0 radical (unpaired) electrons. The van der Waals surface area contributed by atoms with E-state index in [0.717, 1.165) is 30.8 Å². The van der Waals surface area contributed by atoms with Gasteiger partial charge in [-0.25, -0.2) is 4.98 Å². The number of aromatic nitrogens is 2. The minimum atomic E-state index is 0.777. The number of benzene rings is 1. The van der Waals surface area contributed by atoms with Crippen molar-refractivity contribution in [1.29, 1.82) is 0 Å². The summed E-state index contributed by atoms with van der Waals surface area (Å²) in [6, 6.07) is 11.0. The lowest BCUT2D eigenvalue weighted by atomic mass is 10.2. The number of nitrogens with one attached hydrogen (secondary N) is 1. The number of anilines is 2. The predicted molar refractivity (Wildman–Crippen MR) is 86.8 cm³/mol. The van der Waals surface area contributed by atoms with E-state index in [1.165, 1.54) is 25.7 Å². The summed E-state index contributed by atoms with van der Waals surface area (Å²) in [5.74, 6) is 0.918. The van der Waals surface area contributed by atoms with Crippen molar-refractivity contribution in [2.75, 3.05) is 18.9 Å². The minimum absolute atomic E-state index is 0.777. The smallest absolute Gasteiger partial charge is 0.207 e. The van der Waals surface area contributed by atoms with E-state index in [0.29, 0.717) is 0 Å². The van der Waals surface area contributed by atoms with Gasteiger partial charge in [0.1, 0.15) is 0 Å². The summed E-state index contributed by atoms with van der Waals surface area (Å²) in [7, 11) is 2.25. The fourth-order valence-corrected chi connectivity index (χ4v) is 3.06. The molecule has 21 heavy (non-hydrogen) atoms. The normalized spacial score (nSPS) is 15.7. The van der Waals surface area contributed by atoms with E-state index in [1.807, 2.05) is 30.6 Å². The van der Waals surface area contributed by atoms with Crippen molar-refractivity contribution < 1.29 is 0 Å². The largest absolute Gasteiger partial charge is 0.326 e. The van der Waals surface area contributed by atoms with Crippen LogP contribution in [0.5, 0.6) is 0 Å². The molecule has 1 heterocycles. The van der Waals surface area contributed by atoms with Gasteiger partial charge < -0.3 is 14.8 Å². The molecule has 0 bridgehead atoms. The molecule has 0 unspecified atom stereocenters. The van der Waals surface area contributed by atoms with Gasteiger partial charge in [0.25, 0.3) is 0 Å². The zero-order valence-corrected chi connectivity index (χ0v) is 12.7. The molecule has 1 aromatic carbocycles. The number of hydrogen-bond donors (Lipinski definition) is 1. The van der Waals surface area contributed by atoms with Crippen LogP contribution >= 0.6 is 0 Å². The van der Waals surface area contributed by atoms with Crippen LogP contribution in [0.1, 0.15) is 25.7 Å². The molecule has 1 aliphatic carbocycles. The van der Waals surface area contributed by atoms with Crippen LogP contribution in [0.3, 0.4) is 0 Å². The number of hydrogen-bond acceptors (Lipinski definition) is 3. The van der Waals surface area contributed by atoms with Gasteiger partial charge in [-0.1, -0.05) is 31.0 Å². The van der Waals surface area contributed by atoms with Crippen LogP contribution in [0, 0.1) is 0 Å². The monoisotopic (exact) mass is 284 g/mol. The highest BCUT2D eigenvalue weighted by atomic mass is 15.2. The molecule has 0 spiro atoms. The van der Waals surface area contributed by atoms with Crippen molar-refractivity contribution >= 4 is 11.6 Å². The molecule has 3 rings (SSSR count). The minimum Gasteiger partial charge on any atom is -0.326 e. The van der Waals surface area contributed by atoms with Crippen molar-refractivity contribution in [3.05, 3.63) is 42.7 Å². The summed E-state index contributed by atoms with van der Waals surface area (Å²) in [6.07, 6.45) is 9.40. The Hall–Kier alpha value is -1.81. The Morgan fingerprint density at radius 3 is 2.76 bits per heavy atom. The third-order valence-electron chi connectivity index (χ3n) is 4.39. The quantitative estimate of drug-likeness (QED) is 0.881. The first-order valence-corrected chi connectivity index (χ1v) is 7.86. The second-order valence-corrected chi connectivity index (χ2v) is 5.85. The van der Waals surface area contributed by atoms with E-state index in [-0.39, 0.29) is 0 Å². The van der Waals surface area contributed by atoms with Gasteiger partial charge in [-0.3, -0.25) is 0 Å². The SMILES string of the molecule is CN(CCn1ccnc1Nc1ccccc1)C1CCCC1. The van der Waals surface area contributed by atoms with Crippen LogP contribution in [0.2, 0.25) is 0 Å². The fourth-order valence-electron chi connectivity index (χ4n) is 3.06. The summed E-state index contributed by atoms with van der Waals surface area (Å²) >= 11 is 0. The molecule has 1 N–H and O–H groups in total. The molecule has 1 fully saturated rings. The molecule has 1 aliphatic rings. The molecular formula is C17H24N4. The molecule has 0 amide bonds. The fraction of sp³-hybridized carbons (Fsp3) is 0.471. The van der Waals surface area contributed by atoms with E-state index < -0.39 is 0 Å². The van der Waals surface area contributed by atoms with Gasteiger partial charge in [-0.2, -0.15) is 0 Å². The van der Waals surface area contributed by atoms with Gasteiger partial charge in [0.15, 0.2) is 0 Å². The summed E-state index contributed by atoms with van der Waals surface area (Å²) < 4.78 is 2.19. The predicted octanol–water partition coefficient (Wildman–Crippen LogP) is 3.50. The molecule has 2 aromatic rings. The zero-order valence-electron chi connectivity index (χ0n) is 12.7. The number of para-hydroxylation sites is 1. The Morgan fingerprint density at radius 2 is 2.00 bits per heavy atom. The number of rotatable bonds is 6. The number of nitrogens with zero attached hydrogens (tertiary/aromatic N) is 3. The highest BCUT2D eigenvalue weighted by Crippen LogP contribution is 2.22. The standard InChI is InChI=1S/C17H24N4/c1-20(16-9-5-6-10-16)13-14-21-12-11-18-17(21)19-15-7-3-2-4-8-15/h2-4,7-8,11-12,16H,5-6,9-10,13-14H2,1H3,(H,18,19). The van der Waals surface area contributed by atoms with Crippen LogP contribution in [0.4, 0.5) is 11.6 Å². The van der Waals surface area contributed by atoms with Crippen molar-refractivity contribution in [2.45, 2.75) is 38.3 Å². The average molecular weight is 284 g/mol. The average Bonchev–Trinajstić information content (AvgIpc) is 3.18. The lowest BCUT2D eigenvalue weighted by molar-refractivity contribution is 0.237. The molecule has 112 valence electrons. The van der Waals surface area contributed by atoms with Gasteiger partial charge in [0.2, 0.25) is 5.95 Å². The summed E-state index contributed by atoms with van der Waals surface area (Å²) in [5.41, 5.74) is 1.08. The second-order valence-electron chi connectivity index (χ2n) is 5.85. The van der Waals surface area contributed by atoms with Crippen LogP contribution < -0.4 is 5.32 Å². The van der Waals surface area contributed by atoms with E-state index in [1.54, 1.807) is 0 Å². The Bertz CT molecular complexity index is 543. The van der Waals surface area contributed by atoms with Gasteiger partial charge >= 0.3 is 0 Å². The Balaban J connectivity index is 1.57. The Labute approximate surface area is 126 Å². The molecule has 1 aromatic heterocycles. The van der Waals surface area contributed by atoms with E-state index >= 15 is 0 Å². The molecule has 4 heteroatoms. The molecule has 0 aliphatic heterocycles. The maximum Gasteiger partial charge on any atom is 0.207 e. The summed E-state index contributed by atoms with van der Waals surface area (Å²) in [6.45, 7) is 2.05. The highest BCUT2D eigenvalue weighted by molar-refractivity contribution is 5.52. The number of likely N-dealkylation sites (N-methyl/N-ethyl adjacent to an activating group) is 1. The first-order chi connectivity index (χ1) is 10.3. The van der Waals surface area contributed by atoms with Crippen LogP contribution in [-0.2, 0) is 6.54 Å². The zero-order chi connectivity index (χ0) is 14.5. The summed E-state index contributed by atoms with van der Waals surface area (Å²) in [5, 5.41) is 3.38. The molecule has 1 saturated carbocycles. The van der Waals surface area contributed by atoms with Crippen LogP contribution in [0.15, 0.2) is 42.7 Å². The van der Waals surface area contributed by atoms with Crippen LogP contribution in [-0.4, -0.2) is 34.1 Å². The maximum atomic E-state index is 4.42. The van der Waals surface area contributed by atoms with Crippen molar-refractivity contribution in [1.82, 2.24) is 14.5 Å². The molecule has 4 nitrogen and oxygen atoms in total. The third-order valence-corrected chi connectivity index (χ3v) is 4.39. The Morgan fingerprint density at radius 1 is 1.24 bits per heavy atom. The van der Waals surface area contributed by atoms with E-state index in [9.17, 15) is 0 Å². The molecule has 0 atom stereocenters. The first kappa shape index (κ1) is 14.1. The van der Waals surface area contributed by atoms with Gasteiger partial charge in [-0.05, 0) is 32.0 Å². The Kier molecular flexibility index (Phi) is 4.55. The second kappa shape index (κ2) is 6.76. The summed E-state index contributed by atoms with van der Waals surface area (Å²) in [4.78, 5) is 6.92. The van der Waals surface area contributed by atoms with E-state index in [4.69, 9.17) is 0 Å². The van der Waals surface area contributed by atoms with Crippen molar-refractivity contribution in [2.24, 2.45) is 0 Å². The van der Waals surface area contributed by atoms with Gasteiger partial charge in [0.05, 0.1) is 0 Å². The van der Waals surface area contributed by atoms with Crippen molar-refractivity contribution in [3.8, 4) is 0 Å². The van der Waals surface area contributed by atoms with Crippen LogP contribution in [0.25, 0.3) is 0 Å². The molecule has 0 saturated heterocycles. The molecular weight excluding hydrogens is 260 g/mol.